The first-order valence-electron chi connectivity index (χ1n) is 7.45. The number of pyridine rings is 1. The van der Waals surface area contributed by atoms with Crippen molar-refractivity contribution in [3.05, 3.63) is 42.1 Å². The van der Waals surface area contributed by atoms with Crippen molar-refractivity contribution in [3.8, 4) is 5.75 Å². The second-order valence-electron chi connectivity index (χ2n) is 5.61. The fraction of sp³-hybridized carbons (Fsp3) is 0.267. The zero-order valence-electron chi connectivity index (χ0n) is 13.0. The number of hydrogen-bond donors (Lipinski definition) is 1. The highest BCUT2D eigenvalue weighted by Gasteiger charge is 2.31. The molecule has 3 aromatic heterocycles. The molecule has 1 aliphatic heterocycles. The normalized spacial score (nSPS) is 14.6. The standard InChI is InChI=1S/C15H15N7O2/c1-9-4-13(22-15(20-9)18-8-19-22)21-6-11(7-21)24-10-2-3-17-12(5-10)14(16)23/h2-5,8,11H,6-7H2,1H3,(H2,16,23). The number of aryl methyl sites for hydroxylation is 1. The van der Waals surface area contributed by atoms with E-state index in [-0.39, 0.29) is 11.8 Å². The second kappa shape index (κ2) is 5.44. The Hall–Kier alpha value is -3.23. The van der Waals surface area contributed by atoms with Crippen molar-refractivity contribution in [2.75, 3.05) is 18.0 Å². The molecule has 1 saturated heterocycles. The molecule has 2 N–H and O–H groups in total. The number of amides is 1. The summed E-state index contributed by atoms with van der Waals surface area (Å²) < 4.78 is 7.58. The van der Waals surface area contributed by atoms with E-state index in [4.69, 9.17) is 10.5 Å². The van der Waals surface area contributed by atoms with Crippen LogP contribution in [0.3, 0.4) is 0 Å². The van der Waals surface area contributed by atoms with Gasteiger partial charge in [-0.05, 0) is 13.0 Å². The van der Waals surface area contributed by atoms with E-state index in [9.17, 15) is 4.79 Å². The number of primary amides is 1. The molecule has 4 heterocycles. The minimum atomic E-state index is -0.573. The summed E-state index contributed by atoms with van der Waals surface area (Å²) in [5.41, 5.74) is 6.30. The monoisotopic (exact) mass is 325 g/mol. The Bertz CT molecular complexity index is 917. The van der Waals surface area contributed by atoms with Crippen LogP contribution < -0.4 is 15.4 Å². The molecule has 9 heteroatoms. The maximum atomic E-state index is 11.2. The smallest absolute Gasteiger partial charge is 0.267 e. The Morgan fingerprint density at radius 1 is 1.33 bits per heavy atom. The SMILES string of the molecule is Cc1cc(N2CC(Oc3ccnc(C(N)=O)c3)C2)n2ncnc2n1. The third-order valence-electron chi connectivity index (χ3n) is 3.82. The lowest BCUT2D eigenvalue weighted by molar-refractivity contribution is 0.0994. The zero-order chi connectivity index (χ0) is 16.7. The molecule has 0 bridgehead atoms. The Labute approximate surface area is 137 Å². The molecule has 1 amide bonds. The van der Waals surface area contributed by atoms with Crippen molar-refractivity contribution >= 4 is 17.5 Å². The second-order valence-corrected chi connectivity index (χ2v) is 5.61. The minimum absolute atomic E-state index is 0.0140. The zero-order valence-corrected chi connectivity index (χ0v) is 13.0. The molecular formula is C15H15N7O2. The van der Waals surface area contributed by atoms with Gasteiger partial charge in [-0.2, -0.15) is 14.6 Å². The highest BCUT2D eigenvalue weighted by atomic mass is 16.5. The first-order valence-corrected chi connectivity index (χ1v) is 7.45. The van der Waals surface area contributed by atoms with Crippen LogP contribution in [-0.2, 0) is 0 Å². The molecule has 3 aromatic rings. The van der Waals surface area contributed by atoms with Crippen LogP contribution in [-0.4, -0.2) is 49.7 Å². The van der Waals surface area contributed by atoms with Crippen molar-refractivity contribution in [1.29, 1.82) is 0 Å². The number of rotatable bonds is 4. The number of aromatic nitrogens is 5. The third kappa shape index (κ3) is 2.49. The molecule has 24 heavy (non-hydrogen) atoms. The summed E-state index contributed by atoms with van der Waals surface area (Å²) in [5, 5.41) is 4.20. The fourth-order valence-electron chi connectivity index (χ4n) is 2.65. The van der Waals surface area contributed by atoms with Crippen LogP contribution in [0.2, 0.25) is 0 Å². The van der Waals surface area contributed by atoms with Crippen LogP contribution in [0.15, 0.2) is 30.7 Å². The van der Waals surface area contributed by atoms with Gasteiger partial charge in [0.25, 0.3) is 11.7 Å². The van der Waals surface area contributed by atoms with Gasteiger partial charge in [-0.25, -0.2) is 4.98 Å². The minimum Gasteiger partial charge on any atom is -0.487 e. The quantitative estimate of drug-likeness (QED) is 0.729. The summed E-state index contributed by atoms with van der Waals surface area (Å²) >= 11 is 0. The molecule has 1 aliphatic rings. The van der Waals surface area contributed by atoms with Gasteiger partial charge in [0.1, 0.15) is 29.7 Å². The fourth-order valence-corrected chi connectivity index (χ4v) is 2.65. The van der Waals surface area contributed by atoms with Crippen molar-refractivity contribution in [3.63, 3.8) is 0 Å². The van der Waals surface area contributed by atoms with E-state index in [1.165, 1.54) is 12.5 Å². The molecule has 0 aromatic carbocycles. The Balaban J connectivity index is 1.47. The molecule has 0 aliphatic carbocycles. The number of nitrogens with zero attached hydrogens (tertiary/aromatic N) is 6. The summed E-state index contributed by atoms with van der Waals surface area (Å²) in [6.07, 6.45) is 3.01. The highest BCUT2D eigenvalue weighted by molar-refractivity contribution is 5.91. The summed E-state index contributed by atoms with van der Waals surface area (Å²) in [4.78, 5) is 25.7. The van der Waals surface area contributed by atoms with E-state index in [1.807, 2.05) is 13.0 Å². The first kappa shape index (κ1) is 14.4. The van der Waals surface area contributed by atoms with E-state index >= 15 is 0 Å². The van der Waals surface area contributed by atoms with Crippen LogP contribution in [0.5, 0.6) is 5.75 Å². The summed E-state index contributed by atoms with van der Waals surface area (Å²) in [7, 11) is 0. The first-order chi connectivity index (χ1) is 11.6. The van der Waals surface area contributed by atoms with Gasteiger partial charge in [0.2, 0.25) is 0 Å². The number of fused-ring (bicyclic) bond motifs is 1. The lowest BCUT2D eigenvalue weighted by Gasteiger charge is -2.40. The maximum Gasteiger partial charge on any atom is 0.267 e. The van der Waals surface area contributed by atoms with Gasteiger partial charge in [0.05, 0.1) is 13.1 Å². The van der Waals surface area contributed by atoms with E-state index in [2.05, 4.69) is 25.0 Å². The van der Waals surface area contributed by atoms with E-state index in [0.717, 1.165) is 11.5 Å². The van der Waals surface area contributed by atoms with Gasteiger partial charge in [-0.3, -0.25) is 9.78 Å². The van der Waals surface area contributed by atoms with Crippen LogP contribution in [0.25, 0.3) is 5.78 Å². The molecule has 4 rings (SSSR count). The molecule has 0 saturated carbocycles. The Morgan fingerprint density at radius 2 is 2.17 bits per heavy atom. The number of carbonyl (C=O) groups is 1. The summed E-state index contributed by atoms with van der Waals surface area (Å²) in [6.45, 7) is 3.33. The van der Waals surface area contributed by atoms with Crippen LogP contribution in [0.4, 0.5) is 5.82 Å². The average Bonchev–Trinajstić information content (AvgIpc) is 2.98. The lowest BCUT2D eigenvalue weighted by Crippen LogP contribution is -2.54. The Kier molecular flexibility index (Phi) is 3.26. The average molecular weight is 325 g/mol. The van der Waals surface area contributed by atoms with Gasteiger partial charge in [-0.15, -0.1) is 0 Å². The topological polar surface area (TPSA) is 112 Å². The van der Waals surface area contributed by atoms with E-state index < -0.39 is 5.91 Å². The van der Waals surface area contributed by atoms with Crippen LogP contribution in [0, 0.1) is 6.92 Å². The maximum absolute atomic E-state index is 11.2. The van der Waals surface area contributed by atoms with Gasteiger partial charge < -0.3 is 15.4 Å². The number of ether oxygens (including phenoxy) is 1. The third-order valence-corrected chi connectivity index (χ3v) is 3.82. The van der Waals surface area contributed by atoms with Crippen molar-refractivity contribution in [1.82, 2.24) is 24.6 Å². The largest absolute Gasteiger partial charge is 0.487 e. The van der Waals surface area contributed by atoms with Crippen molar-refractivity contribution < 1.29 is 9.53 Å². The number of nitrogens with two attached hydrogens (primary N) is 1. The molecule has 122 valence electrons. The molecule has 0 unspecified atom stereocenters. The number of carbonyl (C=O) groups excluding carboxylic acids is 1. The molecule has 0 atom stereocenters. The van der Waals surface area contributed by atoms with Gasteiger partial charge >= 0.3 is 0 Å². The number of hydrogen-bond acceptors (Lipinski definition) is 7. The molecule has 9 nitrogen and oxygen atoms in total. The van der Waals surface area contributed by atoms with Crippen LogP contribution in [0.1, 0.15) is 16.2 Å². The van der Waals surface area contributed by atoms with Gasteiger partial charge in [-0.1, -0.05) is 0 Å². The highest BCUT2D eigenvalue weighted by Crippen LogP contribution is 2.24. The van der Waals surface area contributed by atoms with E-state index in [0.29, 0.717) is 24.6 Å². The molecule has 1 fully saturated rings. The number of anilines is 1. The summed E-state index contributed by atoms with van der Waals surface area (Å²) in [6, 6.07) is 5.23. The van der Waals surface area contributed by atoms with E-state index in [1.54, 1.807) is 16.6 Å². The molecule has 0 radical (unpaired) electrons. The predicted octanol–water partition coefficient (Wildman–Crippen LogP) is 0.194. The van der Waals surface area contributed by atoms with Crippen molar-refractivity contribution in [2.45, 2.75) is 13.0 Å². The molecular weight excluding hydrogens is 310 g/mol. The summed E-state index contributed by atoms with van der Waals surface area (Å²) in [5.74, 6) is 1.52. The Morgan fingerprint density at radius 3 is 2.96 bits per heavy atom. The predicted molar refractivity (Wildman–Crippen MR) is 84.9 cm³/mol. The van der Waals surface area contributed by atoms with Gasteiger partial charge in [0.15, 0.2) is 0 Å². The van der Waals surface area contributed by atoms with Crippen molar-refractivity contribution in [2.24, 2.45) is 5.73 Å². The molecule has 0 spiro atoms. The van der Waals surface area contributed by atoms with Gasteiger partial charge in [0, 0.05) is 24.0 Å². The van der Waals surface area contributed by atoms with Crippen LogP contribution >= 0.6 is 0 Å². The lowest BCUT2D eigenvalue weighted by atomic mass is 10.1.